The lowest BCUT2D eigenvalue weighted by atomic mass is 9.98. The highest BCUT2D eigenvalue weighted by atomic mass is 35.5. The number of carbonyl (C=O) groups excluding carboxylic acids is 8. The molecular weight excluding hydrogens is 1170 g/mol. The lowest BCUT2D eigenvalue weighted by molar-refractivity contribution is -0.161. The van der Waals surface area contributed by atoms with Gasteiger partial charge in [0.15, 0.2) is 0 Å². The standard InChI is InChI=1S/C29H35NO6.C15H11ClO2.C12H20O6.C12H20O5/c1-5-16-30(17-10-11-20(27(32)33)18-26(31)36-29(2,3)4)28(34)35-19-25-23-14-8-6-12-21(23)22-13-7-9-15-24(22)25;16-15(17)18-9-14-12-7-3-1-5-10(12)11-6-2-4-8-13(11)14;1-12(2,3)18-10(15)7-8(11(16)17-4)5-6-9(13)14;1-12(2,3)17-10(14)8-9(6-5-7-13)11(15)16-4/h5-9,12-15,20,25H,1,10-11,16-19H2,2-4H3,(H,32,33);1-8,14H,9H2;8H,5-7H2,1-4H3,(H,13,14);7,9H,5-6,8H2,1-4H3/t20-;;8-;9-/m1.11/s1. The molecule has 89 heavy (non-hydrogen) atoms. The molecule has 0 bridgehead atoms. The Kier molecular flexibility index (Phi) is 30.4. The van der Waals surface area contributed by atoms with Crippen molar-refractivity contribution in [2.75, 3.05) is 40.5 Å². The minimum atomic E-state index is -1.06. The predicted octanol–water partition coefficient (Wildman–Crippen LogP) is 12.7. The van der Waals surface area contributed by atoms with E-state index >= 15 is 0 Å². The van der Waals surface area contributed by atoms with Crippen LogP contribution in [0.1, 0.15) is 154 Å². The zero-order valence-corrected chi connectivity index (χ0v) is 53.6. The summed E-state index contributed by atoms with van der Waals surface area (Å²) in [6.45, 7) is 20.4. The summed E-state index contributed by atoms with van der Waals surface area (Å²) in [5.41, 5.74) is 6.74. The van der Waals surface area contributed by atoms with E-state index in [9.17, 15) is 53.1 Å². The summed E-state index contributed by atoms with van der Waals surface area (Å²) in [7, 11) is 2.45. The van der Waals surface area contributed by atoms with Gasteiger partial charge in [0.25, 0.3) is 0 Å². The summed E-state index contributed by atoms with van der Waals surface area (Å²) in [6, 6.07) is 32.6. The van der Waals surface area contributed by atoms with Crippen LogP contribution in [0.5, 0.6) is 0 Å². The van der Waals surface area contributed by atoms with Gasteiger partial charge >= 0.3 is 53.3 Å². The summed E-state index contributed by atoms with van der Waals surface area (Å²) in [6.07, 6.45) is 2.43. The number of hydrogen-bond donors (Lipinski definition) is 2. The number of carboxylic acid groups (broad SMARTS) is 2. The van der Waals surface area contributed by atoms with Gasteiger partial charge in [-0.2, -0.15) is 0 Å². The molecule has 0 heterocycles. The molecule has 2 aliphatic rings. The molecule has 0 spiro atoms. The molecule has 0 aliphatic heterocycles. The van der Waals surface area contributed by atoms with E-state index in [0.717, 1.165) is 22.3 Å². The molecule has 2 aliphatic carbocycles. The zero-order valence-electron chi connectivity index (χ0n) is 52.8. The maximum Gasteiger partial charge on any atom is 0.410 e. The molecule has 0 unspecified atom stereocenters. The monoisotopic (exact) mass is 1260 g/mol. The van der Waals surface area contributed by atoms with E-state index < -0.39 is 87.9 Å². The zero-order chi connectivity index (χ0) is 66.6. The number of carbonyl (C=O) groups is 10. The number of aliphatic carboxylic acids is 2. The number of ether oxygens (including phenoxy) is 7. The number of nitrogens with zero attached hydrogens (tertiary/aromatic N) is 1. The van der Waals surface area contributed by atoms with E-state index in [1.807, 2.05) is 48.5 Å². The van der Waals surface area contributed by atoms with Gasteiger partial charge in [-0.15, -0.1) is 6.58 Å². The van der Waals surface area contributed by atoms with Crippen LogP contribution in [0.3, 0.4) is 0 Å². The molecule has 4 aromatic rings. The number of benzene rings is 4. The van der Waals surface area contributed by atoms with Gasteiger partial charge in [-0.25, -0.2) is 9.59 Å². The van der Waals surface area contributed by atoms with Crippen LogP contribution in [-0.2, 0) is 71.5 Å². The smallest absolute Gasteiger partial charge is 0.410 e. The summed E-state index contributed by atoms with van der Waals surface area (Å²) in [5, 5.41) is 18.1. The number of aldehydes is 1. The molecule has 21 heteroatoms. The Morgan fingerprint density at radius 3 is 1.24 bits per heavy atom. The van der Waals surface area contributed by atoms with Gasteiger partial charge in [0.2, 0.25) is 0 Å². The Labute approximate surface area is 526 Å². The molecule has 0 saturated carbocycles. The lowest BCUT2D eigenvalue weighted by Gasteiger charge is -2.23. The second-order valence-electron chi connectivity index (χ2n) is 24.0. The van der Waals surface area contributed by atoms with E-state index in [4.69, 9.17) is 40.4 Å². The Morgan fingerprint density at radius 1 is 0.551 bits per heavy atom. The maximum absolute atomic E-state index is 12.9. The van der Waals surface area contributed by atoms with Gasteiger partial charge in [-0.05, 0) is 133 Å². The molecule has 0 aromatic heterocycles. The summed E-state index contributed by atoms with van der Waals surface area (Å²) < 4.78 is 35.2. The first-order valence-electron chi connectivity index (χ1n) is 29.2. The maximum atomic E-state index is 12.9. The van der Waals surface area contributed by atoms with Crippen molar-refractivity contribution < 1.29 is 91.3 Å². The Bertz CT molecular complexity index is 2970. The van der Waals surface area contributed by atoms with Crippen molar-refractivity contribution in [1.82, 2.24) is 4.90 Å². The first-order chi connectivity index (χ1) is 41.8. The molecule has 20 nitrogen and oxygen atoms in total. The average Bonchev–Trinajstić information content (AvgIpc) is 3.36. The van der Waals surface area contributed by atoms with Gasteiger partial charge in [-0.1, -0.05) is 103 Å². The quantitative estimate of drug-likeness (QED) is 0.0205. The molecule has 0 fully saturated rings. The Balaban J connectivity index is 0.000000332. The Hall–Kier alpha value is -8.39. The summed E-state index contributed by atoms with van der Waals surface area (Å²) >= 11 is 5.25. The minimum absolute atomic E-state index is 0.0443. The van der Waals surface area contributed by atoms with Crippen molar-refractivity contribution in [2.45, 2.75) is 149 Å². The highest BCUT2D eigenvalue weighted by Gasteiger charge is 2.33. The fourth-order valence-corrected chi connectivity index (χ4v) is 9.85. The average molecular weight is 1260 g/mol. The van der Waals surface area contributed by atoms with Crippen molar-refractivity contribution in [3.63, 3.8) is 0 Å². The molecule has 6 rings (SSSR count). The highest BCUT2D eigenvalue weighted by Crippen LogP contribution is 2.46. The van der Waals surface area contributed by atoms with Crippen molar-refractivity contribution >= 4 is 71.2 Å². The van der Waals surface area contributed by atoms with E-state index in [-0.39, 0.29) is 76.5 Å². The molecular formula is C68H86ClNO19. The number of methoxy groups -OCH3 is 2. The van der Waals surface area contributed by atoms with Gasteiger partial charge < -0.3 is 53.1 Å². The third kappa shape index (κ3) is 26.5. The number of halogens is 1. The summed E-state index contributed by atoms with van der Waals surface area (Å²) in [4.78, 5) is 116. The number of carboxylic acids is 2. The molecule has 1 amide bonds. The van der Waals surface area contributed by atoms with Crippen molar-refractivity contribution in [1.29, 1.82) is 0 Å². The molecule has 0 saturated heterocycles. The van der Waals surface area contributed by atoms with Crippen LogP contribution in [0.2, 0.25) is 0 Å². The fraction of sp³-hybridized carbons (Fsp3) is 0.471. The minimum Gasteiger partial charge on any atom is -0.481 e. The third-order valence-electron chi connectivity index (χ3n) is 13.5. The van der Waals surface area contributed by atoms with Gasteiger partial charge in [0, 0.05) is 49.4 Å². The van der Waals surface area contributed by atoms with Crippen LogP contribution in [0.4, 0.5) is 9.59 Å². The fourth-order valence-electron chi connectivity index (χ4n) is 9.79. The molecule has 0 radical (unpaired) electrons. The predicted molar refractivity (Wildman–Crippen MR) is 333 cm³/mol. The van der Waals surface area contributed by atoms with Crippen LogP contribution < -0.4 is 0 Å². The lowest BCUT2D eigenvalue weighted by Crippen LogP contribution is -2.34. The van der Waals surface area contributed by atoms with E-state index in [0.29, 0.717) is 25.7 Å². The molecule has 484 valence electrons. The second kappa shape index (κ2) is 36.2. The summed E-state index contributed by atoms with van der Waals surface area (Å²) in [5.74, 6) is -6.94. The normalized spacial score (nSPS) is 13.0. The number of amides is 1. The van der Waals surface area contributed by atoms with Crippen LogP contribution in [0, 0.1) is 17.8 Å². The van der Waals surface area contributed by atoms with Crippen molar-refractivity contribution in [3.8, 4) is 22.3 Å². The number of esters is 5. The highest BCUT2D eigenvalue weighted by molar-refractivity contribution is 6.61. The van der Waals surface area contributed by atoms with Crippen LogP contribution in [0.25, 0.3) is 22.3 Å². The number of rotatable bonds is 25. The van der Waals surface area contributed by atoms with E-state index in [2.05, 4.69) is 64.6 Å². The largest absolute Gasteiger partial charge is 0.481 e. The van der Waals surface area contributed by atoms with Crippen LogP contribution in [-0.4, -0.2) is 132 Å². The molecule has 3 atom stereocenters. The molecule has 4 aromatic carbocycles. The van der Waals surface area contributed by atoms with Crippen molar-refractivity contribution in [3.05, 3.63) is 132 Å². The SMILES string of the molecule is C=CCN(CCC[C@H](CC(=O)OC(C)(C)C)C(=O)O)C(=O)OCC1c2ccccc2-c2ccccc21.COC(=O)[C@H](CCC(=O)O)CC(=O)OC(C)(C)C.COC(=O)[C@H](CCC=O)CC(=O)OC(C)(C)C.O=C(Cl)OCC1c2ccccc2-c2ccccc21. The van der Waals surface area contributed by atoms with Crippen LogP contribution >= 0.6 is 11.6 Å². The molecule has 2 N–H and O–H groups in total. The van der Waals surface area contributed by atoms with Crippen LogP contribution in [0.15, 0.2) is 110 Å². The van der Waals surface area contributed by atoms with Gasteiger partial charge in [0.1, 0.15) is 36.3 Å². The first kappa shape index (κ1) is 74.9. The third-order valence-corrected chi connectivity index (χ3v) is 13.6. The van der Waals surface area contributed by atoms with E-state index in [1.165, 1.54) is 41.4 Å². The van der Waals surface area contributed by atoms with Gasteiger partial charge in [-0.3, -0.25) is 33.6 Å². The van der Waals surface area contributed by atoms with Crippen molar-refractivity contribution in [2.24, 2.45) is 17.8 Å². The topological polar surface area (TPSA) is 279 Å². The first-order valence-corrected chi connectivity index (χ1v) is 29.6. The van der Waals surface area contributed by atoms with Gasteiger partial charge in [0.05, 0.1) is 51.2 Å². The van der Waals surface area contributed by atoms with E-state index in [1.54, 1.807) is 68.4 Å². The second-order valence-corrected chi connectivity index (χ2v) is 24.3. The Morgan fingerprint density at radius 2 is 0.910 bits per heavy atom. The number of hydrogen-bond acceptors (Lipinski definition) is 17. The number of fused-ring (bicyclic) bond motifs is 6.